The third-order valence-electron chi connectivity index (χ3n) is 5.62. The van der Waals surface area contributed by atoms with Crippen LogP contribution in [0, 0.1) is 0 Å². The highest BCUT2D eigenvalue weighted by Crippen LogP contribution is 2.47. The molecule has 34 heavy (non-hydrogen) atoms. The number of pyridine rings is 1. The molecule has 5 rings (SSSR count). The molecule has 0 saturated heterocycles. The van der Waals surface area contributed by atoms with Crippen molar-refractivity contribution in [1.29, 1.82) is 0 Å². The molecule has 6 nitrogen and oxygen atoms in total. The minimum Gasteiger partial charge on any atom is -0.440 e. The summed E-state index contributed by atoms with van der Waals surface area (Å²) in [6.45, 7) is 1.61. The van der Waals surface area contributed by atoms with Gasteiger partial charge in [-0.15, -0.1) is 0 Å². The van der Waals surface area contributed by atoms with Gasteiger partial charge in [0.1, 0.15) is 0 Å². The van der Waals surface area contributed by atoms with Gasteiger partial charge in [0, 0.05) is 35.7 Å². The fraction of sp³-hybridized carbons (Fsp3) is 0.107. The normalized spacial score (nSPS) is 13.3. The zero-order valence-electron chi connectivity index (χ0n) is 18.6. The van der Waals surface area contributed by atoms with E-state index < -0.39 is 5.79 Å². The average Bonchev–Trinajstić information content (AvgIpc) is 3.26. The van der Waals surface area contributed by atoms with Crippen molar-refractivity contribution in [3.05, 3.63) is 120 Å². The fourth-order valence-corrected chi connectivity index (χ4v) is 4.00. The highest BCUT2D eigenvalue weighted by atomic mass is 16.7. The third-order valence-corrected chi connectivity index (χ3v) is 5.62. The summed E-state index contributed by atoms with van der Waals surface area (Å²) in [5.74, 6) is -0.237. The Morgan fingerprint density at radius 1 is 0.794 bits per heavy atom. The number of nitrogens with zero attached hydrogens (tertiary/aromatic N) is 1. The Morgan fingerprint density at radius 2 is 1.38 bits per heavy atom. The van der Waals surface area contributed by atoms with Crippen LogP contribution in [0.2, 0.25) is 0 Å². The van der Waals surface area contributed by atoms with Crippen molar-refractivity contribution in [2.24, 2.45) is 0 Å². The smallest absolute Gasteiger partial charge is 0.305 e. The van der Waals surface area contributed by atoms with Crippen molar-refractivity contribution in [2.45, 2.75) is 19.3 Å². The van der Waals surface area contributed by atoms with E-state index in [1.165, 1.54) is 6.92 Å². The van der Waals surface area contributed by atoms with Gasteiger partial charge >= 0.3 is 5.79 Å². The predicted octanol–water partition coefficient (Wildman–Crippen LogP) is 4.49. The van der Waals surface area contributed by atoms with Gasteiger partial charge in [-0.25, -0.2) is 0 Å². The lowest BCUT2D eigenvalue weighted by atomic mass is 9.97. The number of amides is 1. The van der Waals surface area contributed by atoms with Crippen LogP contribution >= 0.6 is 0 Å². The summed E-state index contributed by atoms with van der Waals surface area (Å²) in [5, 5.41) is 2.71. The first kappa shape index (κ1) is 21.4. The number of ether oxygens (including phenoxy) is 2. The molecule has 0 saturated carbocycles. The van der Waals surface area contributed by atoms with Crippen molar-refractivity contribution in [3.63, 3.8) is 0 Å². The van der Waals surface area contributed by atoms with Gasteiger partial charge in [-0.3, -0.25) is 9.59 Å². The molecule has 4 aromatic rings. The van der Waals surface area contributed by atoms with Crippen LogP contribution in [0.15, 0.2) is 103 Å². The van der Waals surface area contributed by atoms with E-state index in [4.69, 9.17) is 9.47 Å². The lowest BCUT2D eigenvalue weighted by Crippen LogP contribution is -2.37. The summed E-state index contributed by atoms with van der Waals surface area (Å²) in [5.41, 5.74) is 2.93. The minimum absolute atomic E-state index is 0.0689. The van der Waals surface area contributed by atoms with Gasteiger partial charge in [0.2, 0.25) is 18.2 Å². The van der Waals surface area contributed by atoms with E-state index in [1.807, 2.05) is 60.7 Å². The molecule has 1 amide bonds. The van der Waals surface area contributed by atoms with Crippen molar-refractivity contribution in [1.82, 2.24) is 0 Å². The van der Waals surface area contributed by atoms with E-state index in [2.05, 4.69) is 5.32 Å². The first-order chi connectivity index (χ1) is 16.5. The maximum absolute atomic E-state index is 13.0. The van der Waals surface area contributed by atoms with Crippen LogP contribution in [0.4, 0.5) is 5.69 Å². The first-order valence-electron chi connectivity index (χ1n) is 11.0. The molecule has 0 bridgehead atoms. The van der Waals surface area contributed by atoms with Gasteiger partial charge in [0.15, 0.2) is 23.9 Å². The number of hydrogen-bond donors (Lipinski definition) is 1. The molecule has 0 radical (unpaired) electrons. The largest absolute Gasteiger partial charge is 0.440 e. The Labute approximate surface area is 197 Å². The summed E-state index contributed by atoms with van der Waals surface area (Å²) < 4.78 is 14.6. The molecule has 1 N–H and O–H groups in total. The number of Topliss-reactive ketones (excluding diaryl/α,β-unsaturated/α-hetero) is 1. The second-order valence-corrected chi connectivity index (χ2v) is 8.08. The molecule has 0 aliphatic carbocycles. The van der Waals surface area contributed by atoms with Gasteiger partial charge in [0.05, 0.1) is 5.69 Å². The Kier molecular flexibility index (Phi) is 5.55. The zero-order chi connectivity index (χ0) is 23.5. The Bertz CT molecular complexity index is 1300. The van der Waals surface area contributed by atoms with Gasteiger partial charge in [-0.05, 0) is 18.2 Å². The number of carbonyl (C=O) groups excluding carboxylic acids is 2. The quantitative estimate of drug-likeness (QED) is 0.347. The third kappa shape index (κ3) is 4.13. The summed E-state index contributed by atoms with van der Waals surface area (Å²) in [7, 11) is 0. The standard InChI is InChI=1S/C28H22N2O4/c1-20(31)29-24-14-16-30(17-15-24)19-25(32)21-12-13-26-27(18-21)34-28(33-26,22-8-4-2-5-9-22)23-10-6-3-7-11-23/h2-18H,19H2,1H3/p+1. The van der Waals surface area contributed by atoms with Crippen LogP contribution in [0.1, 0.15) is 28.4 Å². The summed E-state index contributed by atoms with van der Waals surface area (Å²) in [6.07, 6.45) is 3.51. The monoisotopic (exact) mass is 451 g/mol. The zero-order valence-corrected chi connectivity index (χ0v) is 18.6. The van der Waals surface area contributed by atoms with E-state index in [0.717, 1.165) is 11.1 Å². The number of fused-ring (bicyclic) bond motifs is 1. The van der Waals surface area contributed by atoms with E-state index in [0.29, 0.717) is 22.7 Å². The van der Waals surface area contributed by atoms with E-state index in [-0.39, 0.29) is 18.2 Å². The fourth-order valence-electron chi connectivity index (χ4n) is 4.00. The summed E-state index contributed by atoms with van der Waals surface area (Å²) in [4.78, 5) is 24.2. The van der Waals surface area contributed by atoms with Gasteiger partial charge in [-0.1, -0.05) is 60.7 Å². The van der Waals surface area contributed by atoms with Crippen LogP contribution in [-0.2, 0) is 17.1 Å². The van der Waals surface area contributed by atoms with Crippen molar-refractivity contribution >= 4 is 17.4 Å². The van der Waals surface area contributed by atoms with Gasteiger partial charge in [-0.2, -0.15) is 4.57 Å². The van der Waals surface area contributed by atoms with Crippen molar-refractivity contribution in [3.8, 4) is 11.5 Å². The molecule has 1 aliphatic rings. The Morgan fingerprint density at radius 3 is 1.97 bits per heavy atom. The molecule has 6 heteroatoms. The molecule has 0 atom stereocenters. The maximum Gasteiger partial charge on any atom is 0.305 e. The highest BCUT2D eigenvalue weighted by molar-refractivity contribution is 5.95. The Balaban J connectivity index is 1.40. The topological polar surface area (TPSA) is 68.5 Å². The number of anilines is 1. The number of benzene rings is 3. The number of rotatable bonds is 6. The Hall–Kier alpha value is -4.45. The molecule has 2 heterocycles. The summed E-state index contributed by atoms with van der Waals surface area (Å²) in [6, 6.07) is 28.3. The molecule has 1 aromatic heterocycles. The molecule has 3 aromatic carbocycles. The number of aromatic nitrogens is 1. The summed E-state index contributed by atoms with van der Waals surface area (Å²) >= 11 is 0. The van der Waals surface area contributed by atoms with Crippen LogP contribution in [0.25, 0.3) is 0 Å². The molecular weight excluding hydrogens is 428 g/mol. The van der Waals surface area contributed by atoms with Crippen LogP contribution < -0.4 is 19.4 Å². The second kappa shape index (κ2) is 8.83. The van der Waals surface area contributed by atoms with E-state index in [1.54, 1.807) is 47.3 Å². The van der Waals surface area contributed by atoms with Gasteiger partial charge in [0.25, 0.3) is 0 Å². The first-order valence-corrected chi connectivity index (χ1v) is 11.0. The highest BCUT2D eigenvalue weighted by Gasteiger charge is 2.45. The number of hydrogen-bond acceptors (Lipinski definition) is 4. The molecule has 0 spiro atoms. The van der Waals surface area contributed by atoms with Crippen molar-refractivity contribution < 1.29 is 23.6 Å². The molecule has 1 aliphatic heterocycles. The van der Waals surface area contributed by atoms with E-state index >= 15 is 0 Å². The maximum atomic E-state index is 13.0. The molecule has 0 unspecified atom stereocenters. The van der Waals surface area contributed by atoms with Crippen LogP contribution in [-0.4, -0.2) is 11.7 Å². The number of carbonyl (C=O) groups is 2. The predicted molar refractivity (Wildman–Crippen MR) is 127 cm³/mol. The van der Waals surface area contributed by atoms with Crippen LogP contribution in [0.3, 0.4) is 0 Å². The van der Waals surface area contributed by atoms with Crippen LogP contribution in [0.5, 0.6) is 11.5 Å². The lowest BCUT2D eigenvalue weighted by molar-refractivity contribution is -0.683. The minimum atomic E-state index is -1.12. The van der Waals surface area contributed by atoms with Crippen molar-refractivity contribution in [2.75, 3.05) is 5.32 Å². The molecular formula is C28H23N2O4+. The van der Waals surface area contributed by atoms with Gasteiger partial charge < -0.3 is 14.8 Å². The SMILES string of the molecule is CC(=O)Nc1cc[n+](CC(=O)c2ccc3c(c2)OC(c2ccccc2)(c2ccccc2)O3)cc1. The molecule has 168 valence electrons. The number of ketones is 1. The molecule has 0 fully saturated rings. The lowest BCUT2D eigenvalue weighted by Gasteiger charge is -2.28. The average molecular weight is 452 g/mol. The van der Waals surface area contributed by atoms with E-state index in [9.17, 15) is 9.59 Å². The number of nitrogens with one attached hydrogen (secondary N) is 1. The second-order valence-electron chi connectivity index (χ2n) is 8.08.